The van der Waals surface area contributed by atoms with Crippen molar-refractivity contribution in [3.05, 3.63) is 0 Å². The molecule has 0 amide bonds. The Bertz CT molecular complexity index is 121. The maximum Gasteiger partial charge on any atom is 0.133 e. The van der Waals surface area contributed by atoms with Crippen LogP contribution in [0.15, 0.2) is 0 Å². The highest BCUT2D eigenvalue weighted by molar-refractivity contribution is 7.99. The third-order valence-electron chi connectivity index (χ3n) is 1.36. The second kappa shape index (κ2) is 7.47. The van der Waals surface area contributed by atoms with Crippen molar-refractivity contribution in [3.63, 3.8) is 0 Å². The van der Waals surface area contributed by atoms with Gasteiger partial charge < -0.3 is 0 Å². The van der Waals surface area contributed by atoms with E-state index in [1.165, 1.54) is 0 Å². The van der Waals surface area contributed by atoms with Gasteiger partial charge in [-0.2, -0.15) is 50.5 Å². The predicted octanol–water partition coefficient (Wildman–Crippen LogP) is 2.49. The van der Waals surface area contributed by atoms with Gasteiger partial charge in [0.2, 0.25) is 0 Å². The second-order valence-electron chi connectivity index (χ2n) is 2.58. The number of hydrogen-bond donors (Lipinski definition) is 4. The molecule has 1 nitrogen and oxygen atoms in total. The summed E-state index contributed by atoms with van der Waals surface area (Å²) >= 11 is 16.3. The number of carbonyl (C=O) groups excluding carboxylic acids is 1. The summed E-state index contributed by atoms with van der Waals surface area (Å²) in [6.07, 6.45) is 2.58. The van der Waals surface area contributed by atoms with E-state index in [2.05, 4.69) is 50.5 Å². The molecule has 0 aromatic carbocycles. The van der Waals surface area contributed by atoms with Crippen molar-refractivity contribution in [1.29, 1.82) is 0 Å². The second-order valence-corrected chi connectivity index (χ2v) is 5.89. The van der Waals surface area contributed by atoms with Crippen LogP contribution in [-0.2, 0) is 4.79 Å². The fourth-order valence-electron chi connectivity index (χ4n) is 0.705. The predicted molar refractivity (Wildman–Crippen MR) is 67.0 cm³/mol. The van der Waals surface area contributed by atoms with Crippen molar-refractivity contribution < 1.29 is 4.79 Å². The molecule has 0 N–H and O–H groups in total. The van der Waals surface area contributed by atoms with Crippen LogP contribution in [-0.4, -0.2) is 14.9 Å². The number of thiol groups is 4. The third-order valence-corrected chi connectivity index (χ3v) is 2.40. The van der Waals surface area contributed by atoms with E-state index >= 15 is 0 Å². The highest BCUT2D eigenvalue weighted by Crippen LogP contribution is 2.13. The summed E-state index contributed by atoms with van der Waals surface area (Å²) < 4.78 is 0.0218. The Morgan fingerprint density at radius 3 is 1.50 bits per heavy atom. The molecule has 0 saturated heterocycles. The van der Waals surface area contributed by atoms with Crippen molar-refractivity contribution >= 4 is 56.3 Å². The van der Waals surface area contributed by atoms with E-state index in [9.17, 15) is 4.79 Å². The van der Waals surface area contributed by atoms with Crippen LogP contribution in [0.5, 0.6) is 0 Å². The van der Waals surface area contributed by atoms with Gasteiger partial charge in [-0.1, -0.05) is 0 Å². The number of rotatable bonds is 6. The molecule has 5 heteroatoms. The molecule has 12 heavy (non-hydrogen) atoms. The lowest BCUT2D eigenvalue weighted by molar-refractivity contribution is -0.119. The molecular weight excluding hydrogens is 228 g/mol. The normalized spacial score (nSPS) is 11.2. The SMILES string of the molecule is O=C(CCC(S)S)CCC(S)S. The topological polar surface area (TPSA) is 17.1 Å². The summed E-state index contributed by atoms with van der Waals surface area (Å²) in [5, 5.41) is 0. The first-order chi connectivity index (χ1) is 5.52. The minimum atomic E-state index is 0.0109. The van der Waals surface area contributed by atoms with Gasteiger partial charge in [0.1, 0.15) is 5.78 Å². The number of ketones is 1. The fourth-order valence-corrected chi connectivity index (χ4v) is 1.22. The standard InChI is InChI=1S/C7H14OS4/c8-5(1-3-6(9)10)2-4-7(11)12/h6-7,9-12H,1-4H2. The summed E-state index contributed by atoms with van der Waals surface area (Å²) in [4.78, 5) is 11.1. The van der Waals surface area contributed by atoms with Crippen molar-refractivity contribution in [2.75, 3.05) is 0 Å². The minimum absolute atomic E-state index is 0.0109. The Balaban J connectivity index is 3.34. The Morgan fingerprint density at radius 1 is 0.917 bits per heavy atom. The molecule has 0 aromatic heterocycles. The Labute approximate surface area is 95.7 Å². The van der Waals surface area contributed by atoms with Crippen LogP contribution < -0.4 is 0 Å². The Hall–Kier alpha value is 1.07. The molecule has 0 atom stereocenters. The van der Waals surface area contributed by atoms with E-state index in [-0.39, 0.29) is 14.9 Å². The molecule has 0 fully saturated rings. The van der Waals surface area contributed by atoms with Gasteiger partial charge in [-0.15, -0.1) is 0 Å². The third kappa shape index (κ3) is 9.16. The summed E-state index contributed by atoms with van der Waals surface area (Å²) in [5.74, 6) is 0.246. The van der Waals surface area contributed by atoms with Gasteiger partial charge in [0.05, 0.1) is 0 Å². The number of carbonyl (C=O) groups is 1. The lowest BCUT2D eigenvalue weighted by Crippen LogP contribution is -2.02. The Morgan fingerprint density at radius 2 is 1.25 bits per heavy atom. The molecule has 0 aliphatic rings. The zero-order valence-corrected chi connectivity index (χ0v) is 10.3. The van der Waals surface area contributed by atoms with E-state index < -0.39 is 0 Å². The molecule has 0 radical (unpaired) electrons. The quantitative estimate of drug-likeness (QED) is 0.416. The number of hydrogen-bond acceptors (Lipinski definition) is 5. The van der Waals surface area contributed by atoms with Gasteiger partial charge in [-0.3, -0.25) is 4.79 Å². The van der Waals surface area contributed by atoms with Crippen molar-refractivity contribution in [2.24, 2.45) is 0 Å². The largest absolute Gasteiger partial charge is 0.300 e. The molecule has 0 aliphatic heterocycles. The molecule has 0 aliphatic carbocycles. The van der Waals surface area contributed by atoms with Gasteiger partial charge in [0, 0.05) is 22.0 Å². The molecule has 0 bridgehead atoms. The lowest BCUT2D eigenvalue weighted by atomic mass is 10.1. The van der Waals surface area contributed by atoms with Crippen LogP contribution in [0, 0.1) is 0 Å². The highest BCUT2D eigenvalue weighted by Gasteiger charge is 2.05. The Kier molecular flexibility index (Phi) is 8.14. The average Bonchev–Trinajstić information content (AvgIpc) is 1.96. The zero-order chi connectivity index (χ0) is 9.56. The minimum Gasteiger partial charge on any atom is -0.300 e. The van der Waals surface area contributed by atoms with E-state index in [0.717, 1.165) is 12.8 Å². The van der Waals surface area contributed by atoms with Gasteiger partial charge in [0.25, 0.3) is 0 Å². The van der Waals surface area contributed by atoms with Crippen LogP contribution in [0.1, 0.15) is 25.7 Å². The molecule has 0 aromatic rings. The summed E-state index contributed by atoms with van der Waals surface area (Å²) in [6, 6.07) is 0. The molecule has 0 heterocycles. The zero-order valence-electron chi connectivity index (χ0n) is 6.68. The smallest absolute Gasteiger partial charge is 0.133 e. The van der Waals surface area contributed by atoms with Gasteiger partial charge >= 0.3 is 0 Å². The molecule has 0 rings (SSSR count). The van der Waals surface area contributed by atoms with Gasteiger partial charge in [0.15, 0.2) is 0 Å². The van der Waals surface area contributed by atoms with Crippen molar-refractivity contribution in [1.82, 2.24) is 0 Å². The van der Waals surface area contributed by atoms with E-state index in [0.29, 0.717) is 12.8 Å². The molecule has 0 unspecified atom stereocenters. The molecular formula is C7H14OS4. The first kappa shape index (κ1) is 13.1. The maximum absolute atomic E-state index is 11.1. The summed E-state index contributed by atoms with van der Waals surface area (Å²) in [5.41, 5.74) is 0. The lowest BCUT2D eigenvalue weighted by Gasteiger charge is -2.03. The summed E-state index contributed by atoms with van der Waals surface area (Å²) in [6.45, 7) is 0. The van der Waals surface area contributed by atoms with Crippen LogP contribution in [0.4, 0.5) is 0 Å². The first-order valence-electron chi connectivity index (χ1n) is 3.76. The van der Waals surface area contributed by atoms with Crippen molar-refractivity contribution in [3.8, 4) is 0 Å². The van der Waals surface area contributed by atoms with Gasteiger partial charge in [-0.25, -0.2) is 0 Å². The average molecular weight is 242 g/mol. The fraction of sp³-hybridized carbons (Fsp3) is 0.857. The van der Waals surface area contributed by atoms with Crippen LogP contribution in [0.3, 0.4) is 0 Å². The van der Waals surface area contributed by atoms with Gasteiger partial charge in [-0.05, 0) is 12.8 Å². The van der Waals surface area contributed by atoms with E-state index in [1.54, 1.807) is 0 Å². The monoisotopic (exact) mass is 242 g/mol. The molecule has 72 valence electrons. The van der Waals surface area contributed by atoms with Crippen LogP contribution in [0.2, 0.25) is 0 Å². The van der Waals surface area contributed by atoms with Crippen LogP contribution in [0.25, 0.3) is 0 Å². The summed E-state index contributed by atoms with van der Waals surface area (Å²) in [7, 11) is 0. The van der Waals surface area contributed by atoms with Crippen LogP contribution >= 0.6 is 50.5 Å². The van der Waals surface area contributed by atoms with Crippen molar-refractivity contribution in [2.45, 2.75) is 34.8 Å². The highest BCUT2D eigenvalue weighted by atomic mass is 32.2. The first-order valence-corrected chi connectivity index (χ1v) is 5.83. The molecule has 0 spiro atoms. The van der Waals surface area contributed by atoms with E-state index in [1.807, 2.05) is 0 Å². The van der Waals surface area contributed by atoms with E-state index in [4.69, 9.17) is 0 Å². The maximum atomic E-state index is 11.1. The molecule has 0 saturated carbocycles. The number of Topliss-reactive ketones (excluding diaryl/α,β-unsaturated/α-hetero) is 1.